The summed E-state index contributed by atoms with van der Waals surface area (Å²) in [7, 11) is 1.87. The van der Waals surface area contributed by atoms with Gasteiger partial charge in [0.25, 0.3) is 0 Å². The van der Waals surface area contributed by atoms with E-state index >= 15 is 0 Å². The summed E-state index contributed by atoms with van der Waals surface area (Å²) < 4.78 is 13.7. The summed E-state index contributed by atoms with van der Waals surface area (Å²) in [5.74, 6) is -0.209. The first-order valence-electron chi connectivity index (χ1n) is 6.43. The van der Waals surface area contributed by atoms with Crippen molar-refractivity contribution in [3.05, 3.63) is 60.0 Å². The summed E-state index contributed by atoms with van der Waals surface area (Å²) in [5.41, 5.74) is 1.43. The van der Waals surface area contributed by atoms with E-state index in [1.165, 1.54) is 17.4 Å². The molecule has 21 heavy (non-hydrogen) atoms. The Morgan fingerprint density at radius 1 is 1.10 bits per heavy atom. The molecule has 4 nitrogen and oxygen atoms in total. The fourth-order valence-electron chi connectivity index (χ4n) is 1.91. The molecule has 6 heteroatoms. The van der Waals surface area contributed by atoms with E-state index in [9.17, 15) is 4.39 Å². The van der Waals surface area contributed by atoms with Crippen LogP contribution in [0.5, 0.6) is 0 Å². The number of rotatable bonds is 4. The van der Waals surface area contributed by atoms with E-state index in [0.29, 0.717) is 12.1 Å². The van der Waals surface area contributed by atoms with Gasteiger partial charge in [-0.2, -0.15) is 0 Å². The quantitative estimate of drug-likeness (QED) is 0.741. The number of halogens is 1. The van der Waals surface area contributed by atoms with E-state index in [1.807, 2.05) is 36.2 Å². The number of hydrogen-bond acceptors (Lipinski definition) is 5. The molecule has 3 aromatic rings. The summed E-state index contributed by atoms with van der Waals surface area (Å²) in [6.45, 7) is 0.448. The number of nitrogens with zero attached hydrogens (tertiary/aromatic N) is 4. The minimum Gasteiger partial charge on any atom is -0.345 e. The van der Waals surface area contributed by atoms with Crippen LogP contribution in [0, 0.1) is 5.82 Å². The molecule has 0 amide bonds. The van der Waals surface area contributed by atoms with Crippen molar-refractivity contribution in [3.63, 3.8) is 0 Å². The van der Waals surface area contributed by atoms with Crippen molar-refractivity contribution in [1.29, 1.82) is 0 Å². The van der Waals surface area contributed by atoms with E-state index < -0.39 is 0 Å². The molecular weight excluding hydrogens is 287 g/mol. The second-order valence-corrected chi connectivity index (χ2v) is 5.51. The van der Waals surface area contributed by atoms with Crippen LogP contribution in [0.25, 0.3) is 10.7 Å². The third-order valence-electron chi connectivity index (χ3n) is 2.99. The van der Waals surface area contributed by atoms with Crippen molar-refractivity contribution in [3.8, 4) is 10.7 Å². The molecule has 0 unspecified atom stereocenters. The minimum absolute atomic E-state index is 0.209. The average molecular weight is 300 g/mol. The van der Waals surface area contributed by atoms with Crippen LogP contribution in [0.4, 0.5) is 9.52 Å². The zero-order valence-corrected chi connectivity index (χ0v) is 12.2. The number of pyridine rings is 1. The molecule has 0 aliphatic heterocycles. The van der Waals surface area contributed by atoms with Gasteiger partial charge in [-0.1, -0.05) is 35.6 Å². The van der Waals surface area contributed by atoms with Crippen molar-refractivity contribution in [2.24, 2.45) is 0 Å². The van der Waals surface area contributed by atoms with Crippen LogP contribution in [0.15, 0.2) is 48.7 Å². The number of aromatic nitrogens is 3. The average Bonchev–Trinajstić information content (AvgIpc) is 3.00. The van der Waals surface area contributed by atoms with Gasteiger partial charge in [0.15, 0.2) is 5.01 Å². The molecular formula is C15H13FN4S. The second-order valence-electron chi connectivity index (χ2n) is 4.55. The van der Waals surface area contributed by atoms with Gasteiger partial charge in [0.2, 0.25) is 5.13 Å². The third kappa shape index (κ3) is 3.05. The molecule has 2 aromatic heterocycles. The van der Waals surface area contributed by atoms with Gasteiger partial charge in [0.1, 0.15) is 11.5 Å². The maximum Gasteiger partial charge on any atom is 0.208 e. The first-order chi connectivity index (χ1) is 10.2. The summed E-state index contributed by atoms with van der Waals surface area (Å²) in [6, 6.07) is 12.4. The van der Waals surface area contributed by atoms with Crippen molar-refractivity contribution >= 4 is 16.5 Å². The van der Waals surface area contributed by atoms with Gasteiger partial charge in [0.05, 0.1) is 0 Å². The van der Waals surface area contributed by atoms with Gasteiger partial charge in [-0.3, -0.25) is 4.98 Å². The van der Waals surface area contributed by atoms with Crippen LogP contribution in [0.1, 0.15) is 5.56 Å². The molecule has 0 radical (unpaired) electrons. The molecule has 0 N–H and O–H groups in total. The lowest BCUT2D eigenvalue weighted by Gasteiger charge is -2.15. The molecule has 0 aliphatic rings. The van der Waals surface area contributed by atoms with E-state index in [1.54, 1.807) is 18.3 Å². The van der Waals surface area contributed by atoms with Crippen LogP contribution in [0.2, 0.25) is 0 Å². The van der Waals surface area contributed by atoms with Crippen molar-refractivity contribution in [2.45, 2.75) is 6.54 Å². The van der Waals surface area contributed by atoms with Gasteiger partial charge in [0, 0.05) is 25.4 Å². The Kier molecular flexibility index (Phi) is 3.87. The maximum atomic E-state index is 13.7. The predicted molar refractivity (Wildman–Crippen MR) is 81.6 cm³/mol. The first-order valence-corrected chi connectivity index (χ1v) is 7.25. The highest BCUT2D eigenvalue weighted by Gasteiger charge is 2.12. The maximum absolute atomic E-state index is 13.7. The second kappa shape index (κ2) is 5.97. The normalized spacial score (nSPS) is 10.6. The summed E-state index contributed by atoms with van der Waals surface area (Å²) >= 11 is 1.44. The molecule has 1 aromatic carbocycles. The van der Waals surface area contributed by atoms with E-state index in [4.69, 9.17) is 0 Å². The number of benzene rings is 1. The Morgan fingerprint density at radius 2 is 1.90 bits per heavy atom. The Morgan fingerprint density at radius 3 is 2.67 bits per heavy atom. The van der Waals surface area contributed by atoms with Crippen LogP contribution in [0.3, 0.4) is 0 Å². The molecule has 0 bridgehead atoms. The van der Waals surface area contributed by atoms with Crippen LogP contribution < -0.4 is 4.90 Å². The smallest absolute Gasteiger partial charge is 0.208 e. The summed E-state index contributed by atoms with van der Waals surface area (Å²) in [6.07, 6.45) is 1.72. The van der Waals surface area contributed by atoms with E-state index in [2.05, 4.69) is 15.2 Å². The molecule has 3 rings (SSSR count). The fourth-order valence-corrected chi connectivity index (χ4v) is 2.69. The SMILES string of the molecule is CN(Cc1ccccc1F)c1nnc(-c2ccccn2)s1. The highest BCUT2D eigenvalue weighted by atomic mass is 32.1. The molecule has 0 saturated carbocycles. The van der Waals surface area contributed by atoms with Gasteiger partial charge < -0.3 is 4.90 Å². The van der Waals surface area contributed by atoms with Crippen LogP contribution >= 0.6 is 11.3 Å². The van der Waals surface area contributed by atoms with Crippen LogP contribution in [-0.2, 0) is 6.54 Å². The molecule has 0 aliphatic carbocycles. The molecule has 0 atom stereocenters. The van der Waals surface area contributed by atoms with Crippen LogP contribution in [-0.4, -0.2) is 22.2 Å². The summed E-state index contributed by atoms with van der Waals surface area (Å²) in [5, 5.41) is 9.78. The Balaban J connectivity index is 1.79. The zero-order valence-electron chi connectivity index (χ0n) is 11.4. The van der Waals surface area contributed by atoms with E-state index in [-0.39, 0.29) is 5.82 Å². The molecule has 0 fully saturated rings. The monoisotopic (exact) mass is 300 g/mol. The molecule has 106 valence electrons. The topological polar surface area (TPSA) is 41.9 Å². The van der Waals surface area contributed by atoms with Gasteiger partial charge in [-0.05, 0) is 18.2 Å². The Labute approximate surface area is 125 Å². The van der Waals surface area contributed by atoms with Crippen molar-refractivity contribution < 1.29 is 4.39 Å². The lowest BCUT2D eigenvalue weighted by atomic mass is 10.2. The predicted octanol–water partition coefficient (Wildman–Crippen LogP) is 3.38. The largest absolute Gasteiger partial charge is 0.345 e. The van der Waals surface area contributed by atoms with Gasteiger partial charge in [-0.25, -0.2) is 4.39 Å². The lowest BCUT2D eigenvalue weighted by molar-refractivity contribution is 0.607. The zero-order chi connectivity index (χ0) is 14.7. The highest BCUT2D eigenvalue weighted by molar-refractivity contribution is 7.18. The standard InChI is InChI=1S/C15H13FN4S/c1-20(10-11-6-2-3-7-12(11)16)15-19-18-14(21-15)13-8-4-5-9-17-13/h2-9H,10H2,1H3. The lowest BCUT2D eigenvalue weighted by Crippen LogP contribution is -2.16. The Hall–Kier alpha value is -2.34. The number of hydrogen-bond donors (Lipinski definition) is 0. The third-order valence-corrected chi connectivity index (χ3v) is 4.05. The van der Waals surface area contributed by atoms with Crippen molar-refractivity contribution in [1.82, 2.24) is 15.2 Å². The summed E-state index contributed by atoms with van der Waals surface area (Å²) in [4.78, 5) is 6.13. The fraction of sp³-hybridized carbons (Fsp3) is 0.133. The Bertz CT molecular complexity index is 729. The minimum atomic E-state index is -0.209. The molecule has 0 saturated heterocycles. The number of anilines is 1. The van der Waals surface area contributed by atoms with Crippen molar-refractivity contribution in [2.75, 3.05) is 11.9 Å². The van der Waals surface area contributed by atoms with Gasteiger partial charge >= 0.3 is 0 Å². The molecule has 0 spiro atoms. The highest BCUT2D eigenvalue weighted by Crippen LogP contribution is 2.27. The van der Waals surface area contributed by atoms with E-state index in [0.717, 1.165) is 15.8 Å². The molecule has 2 heterocycles. The first kappa shape index (κ1) is 13.6. The van der Waals surface area contributed by atoms with Gasteiger partial charge in [-0.15, -0.1) is 10.2 Å².